The molecule has 1 N–H and O–H groups in total. The average Bonchev–Trinajstić information content (AvgIpc) is 2.75. The molecule has 2 saturated heterocycles. The van der Waals surface area contributed by atoms with E-state index in [1.54, 1.807) is 0 Å². The Hall–Kier alpha value is -1.39. The summed E-state index contributed by atoms with van der Waals surface area (Å²) < 4.78 is 10.3. The van der Waals surface area contributed by atoms with Crippen molar-refractivity contribution in [3.8, 4) is 0 Å². The van der Waals surface area contributed by atoms with E-state index in [1.807, 2.05) is 7.05 Å². The van der Waals surface area contributed by atoms with Crippen molar-refractivity contribution in [3.05, 3.63) is 35.4 Å². The molecule has 3 rings (SSSR count). The van der Waals surface area contributed by atoms with Crippen LogP contribution in [0.1, 0.15) is 24.0 Å². The van der Waals surface area contributed by atoms with Gasteiger partial charge in [0.1, 0.15) is 0 Å². The Morgan fingerprint density at radius 2 is 1.90 bits per heavy atom. The number of esters is 1. The van der Waals surface area contributed by atoms with E-state index in [0.717, 1.165) is 71.3 Å². The lowest BCUT2D eigenvalue weighted by atomic mass is 9.97. The van der Waals surface area contributed by atoms with Gasteiger partial charge in [-0.25, -0.2) is 0 Å². The molecule has 162 valence electrons. The predicted octanol–water partition coefficient (Wildman–Crippen LogP) is 2.10. The van der Waals surface area contributed by atoms with Crippen molar-refractivity contribution in [3.63, 3.8) is 0 Å². The van der Waals surface area contributed by atoms with Gasteiger partial charge in [-0.15, -0.1) is 24.0 Å². The second-order valence-electron chi connectivity index (χ2n) is 7.39. The number of ether oxygens (including phenoxy) is 2. The van der Waals surface area contributed by atoms with Gasteiger partial charge in [-0.05, 0) is 24.0 Å². The first-order valence-corrected chi connectivity index (χ1v) is 10.1. The number of carbonyl (C=O) groups excluding carboxylic acids is 1. The Balaban J connectivity index is 0.00000300. The van der Waals surface area contributed by atoms with Crippen molar-refractivity contribution in [2.45, 2.75) is 25.9 Å². The van der Waals surface area contributed by atoms with E-state index in [0.29, 0.717) is 0 Å². The van der Waals surface area contributed by atoms with Gasteiger partial charge >= 0.3 is 5.97 Å². The Morgan fingerprint density at radius 3 is 2.55 bits per heavy atom. The lowest BCUT2D eigenvalue weighted by Gasteiger charge is -2.33. The molecule has 0 aromatic heterocycles. The largest absolute Gasteiger partial charge is 0.469 e. The molecule has 29 heavy (non-hydrogen) atoms. The predicted molar refractivity (Wildman–Crippen MR) is 124 cm³/mol. The highest BCUT2D eigenvalue weighted by Crippen LogP contribution is 2.18. The van der Waals surface area contributed by atoms with E-state index >= 15 is 0 Å². The monoisotopic (exact) mass is 516 g/mol. The average molecular weight is 516 g/mol. The fourth-order valence-corrected chi connectivity index (χ4v) is 3.86. The van der Waals surface area contributed by atoms with Crippen LogP contribution in [0.2, 0.25) is 0 Å². The summed E-state index contributed by atoms with van der Waals surface area (Å²) in [6.07, 6.45) is 1.62. The lowest BCUT2D eigenvalue weighted by Crippen LogP contribution is -2.46. The van der Waals surface area contributed by atoms with Crippen LogP contribution < -0.4 is 5.32 Å². The quantitative estimate of drug-likeness (QED) is 0.280. The van der Waals surface area contributed by atoms with Crippen LogP contribution in [0.3, 0.4) is 0 Å². The third-order valence-corrected chi connectivity index (χ3v) is 5.49. The Bertz CT molecular complexity index is 672. The number of hydrogen-bond donors (Lipinski definition) is 1. The summed E-state index contributed by atoms with van der Waals surface area (Å²) in [4.78, 5) is 20.8. The van der Waals surface area contributed by atoms with Gasteiger partial charge in [0.15, 0.2) is 5.96 Å². The number of piperidine rings is 1. The molecule has 0 saturated carbocycles. The number of likely N-dealkylation sites (tertiary alicyclic amines) is 1. The van der Waals surface area contributed by atoms with E-state index in [9.17, 15) is 4.79 Å². The number of guanidine groups is 1. The highest BCUT2D eigenvalue weighted by atomic mass is 127. The summed E-state index contributed by atoms with van der Waals surface area (Å²) in [7, 11) is 3.27. The summed E-state index contributed by atoms with van der Waals surface area (Å²) in [5.41, 5.74) is 2.58. The molecule has 0 amide bonds. The van der Waals surface area contributed by atoms with Crippen LogP contribution >= 0.6 is 24.0 Å². The fourth-order valence-electron chi connectivity index (χ4n) is 3.86. The van der Waals surface area contributed by atoms with Crippen molar-refractivity contribution in [1.82, 2.24) is 15.1 Å². The van der Waals surface area contributed by atoms with E-state index in [-0.39, 0.29) is 35.9 Å². The van der Waals surface area contributed by atoms with Crippen molar-refractivity contribution in [2.24, 2.45) is 10.9 Å². The number of methoxy groups -OCH3 is 1. The maximum absolute atomic E-state index is 11.7. The number of nitrogens with zero attached hydrogens (tertiary/aromatic N) is 3. The third kappa shape index (κ3) is 7.11. The van der Waals surface area contributed by atoms with E-state index < -0.39 is 0 Å². The second kappa shape index (κ2) is 12.3. The van der Waals surface area contributed by atoms with Crippen LogP contribution in [0, 0.1) is 5.92 Å². The van der Waals surface area contributed by atoms with E-state index in [1.165, 1.54) is 18.2 Å². The van der Waals surface area contributed by atoms with Crippen LogP contribution in [0.15, 0.2) is 29.3 Å². The molecule has 2 aliphatic rings. The molecule has 2 aliphatic heterocycles. The molecule has 0 unspecified atom stereocenters. The van der Waals surface area contributed by atoms with Crippen molar-refractivity contribution in [1.29, 1.82) is 0 Å². The highest BCUT2D eigenvalue weighted by Gasteiger charge is 2.26. The summed E-state index contributed by atoms with van der Waals surface area (Å²) >= 11 is 0. The van der Waals surface area contributed by atoms with Crippen molar-refractivity contribution >= 4 is 35.9 Å². The zero-order valence-electron chi connectivity index (χ0n) is 17.4. The molecule has 0 atom stereocenters. The molecule has 0 aliphatic carbocycles. The summed E-state index contributed by atoms with van der Waals surface area (Å²) in [6, 6.07) is 8.72. The number of aliphatic imine (C=N–C) groups is 1. The number of nitrogens with one attached hydrogen (secondary N) is 1. The number of morpholine rings is 1. The number of rotatable bonds is 5. The Labute approximate surface area is 190 Å². The zero-order valence-corrected chi connectivity index (χ0v) is 19.8. The van der Waals surface area contributed by atoms with Gasteiger partial charge in [0.05, 0.1) is 26.2 Å². The topological polar surface area (TPSA) is 66.4 Å². The third-order valence-electron chi connectivity index (χ3n) is 5.49. The molecule has 2 fully saturated rings. The van der Waals surface area contributed by atoms with Gasteiger partial charge in [-0.1, -0.05) is 24.3 Å². The zero-order chi connectivity index (χ0) is 19.8. The summed E-state index contributed by atoms with van der Waals surface area (Å²) in [5.74, 6) is 0.804. The summed E-state index contributed by atoms with van der Waals surface area (Å²) in [5, 5.41) is 3.47. The number of carbonyl (C=O) groups is 1. The summed E-state index contributed by atoms with van der Waals surface area (Å²) in [6.45, 7) is 6.97. The van der Waals surface area contributed by atoms with Crippen LogP contribution in [0.5, 0.6) is 0 Å². The molecule has 0 spiro atoms. The van der Waals surface area contributed by atoms with Crippen molar-refractivity contribution in [2.75, 3.05) is 53.6 Å². The molecule has 7 nitrogen and oxygen atoms in total. The molecule has 0 bridgehead atoms. The first-order chi connectivity index (χ1) is 13.7. The second-order valence-corrected chi connectivity index (χ2v) is 7.39. The minimum absolute atomic E-state index is 0. The Morgan fingerprint density at radius 1 is 1.21 bits per heavy atom. The van der Waals surface area contributed by atoms with Gasteiger partial charge < -0.3 is 19.7 Å². The first kappa shape index (κ1) is 23.9. The minimum Gasteiger partial charge on any atom is -0.469 e. The van der Waals surface area contributed by atoms with Crippen LogP contribution in [-0.2, 0) is 27.4 Å². The van der Waals surface area contributed by atoms with E-state index in [2.05, 4.69) is 44.4 Å². The first-order valence-electron chi connectivity index (χ1n) is 10.1. The molecular weight excluding hydrogens is 483 g/mol. The van der Waals surface area contributed by atoms with Gasteiger partial charge in [0.25, 0.3) is 0 Å². The maximum Gasteiger partial charge on any atom is 0.308 e. The number of benzene rings is 1. The molecule has 2 heterocycles. The number of hydrogen-bond acceptors (Lipinski definition) is 5. The minimum atomic E-state index is -0.0975. The number of halogens is 1. The standard InChI is InChI=1S/C21H32N4O3.HI/c1-22-21(25-8-6-19(7-9-25)20(26)27-2)23-15-17-4-3-5-18(14-17)16-24-10-12-28-13-11-24;/h3-5,14,19H,6-13,15-16H2,1-2H3,(H,22,23);1H. The Kier molecular flexibility index (Phi) is 10.2. The smallest absolute Gasteiger partial charge is 0.308 e. The fraction of sp³-hybridized carbons (Fsp3) is 0.619. The SMILES string of the molecule is CN=C(NCc1cccc(CN2CCOCC2)c1)N1CCC(C(=O)OC)CC1.I. The van der Waals surface area contributed by atoms with Gasteiger partial charge in [0, 0.05) is 46.3 Å². The van der Waals surface area contributed by atoms with Crippen LogP contribution in [0.25, 0.3) is 0 Å². The van der Waals surface area contributed by atoms with Crippen molar-refractivity contribution < 1.29 is 14.3 Å². The molecule has 1 aromatic rings. The van der Waals surface area contributed by atoms with Crippen LogP contribution in [-0.4, -0.2) is 75.3 Å². The molecule has 0 radical (unpaired) electrons. The van der Waals surface area contributed by atoms with Gasteiger partial charge in [-0.3, -0.25) is 14.7 Å². The lowest BCUT2D eigenvalue weighted by molar-refractivity contribution is -0.146. The van der Waals surface area contributed by atoms with Gasteiger partial charge in [0.2, 0.25) is 0 Å². The van der Waals surface area contributed by atoms with Crippen LogP contribution in [0.4, 0.5) is 0 Å². The van der Waals surface area contributed by atoms with E-state index in [4.69, 9.17) is 9.47 Å². The normalized spacial score (nSPS) is 18.8. The highest BCUT2D eigenvalue weighted by molar-refractivity contribution is 14.0. The molecule has 8 heteroatoms. The van der Waals surface area contributed by atoms with Gasteiger partial charge in [-0.2, -0.15) is 0 Å². The maximum atomic E-state index is 11.7. The molecule has 1 aromatic carbocycles. The molecular formula is C21H33IN4O3.